The monoisotopic (exact) mass is 437 g/mol. The molecule has 1 aliphatic rings. The zero-order chi connectivity index (χ0) is 16.6. The van der Waals surface area contributed by atoms with Crippen LogP contribution in [0, 0.1) is 0 Å². The number of fused-ring (bicyclic) bond motifs is 1. The largest absolute Gasteiger partial charge is 0.493 e. The zero-order valence-corrected chi connectivity index (χ0v) is 15.6. The number of rotatable bonds is 3. The SMILES string of the molecule is COc1cc(/C=C2/C(=O)Nc3ccc(Br)cc32)cc(Br)c1OC. The van der Waals surface area contributed by atoms with Gasteiger partial charge in [-0.1, -0.05) is 15.9 Å². The highest BCUT2D eigenvalue weighted by Crippen LogP contribution is 2.39. The van der Waals surface area contributed by atoms with E-state index in [-0.39, 0.29) is 5.91 Å². The molecular weight excluding hydrogens is 426 g/mol. The number of anilines is 1. The fourth-order valence-electron chi connectivity index (χ4n) is 2.49. The standard InChI is InChI=1S/C17H13Br2NO3/c1-22-15-7-9(6-13(19)16(15)23-2)5-12-11-8-10(18)3-4-14(11)20-17(12)21/h3-8H,1-2H3,(H,20,21)/b12-5+. The minimum atomic E-state index is -0.121. The highest BCUT2D eigenvalue weighted by molar-refractivity contribution is 9.10. The predicted octanol–water partition coefficient (Wildman–Crippen LogP) is 4.72. The molecule has 1 heterocycles. The van der Waals surface area contributed by atoms with Crippen molar-refractivity contribution in [3.8, 4) is 11.5 Å². The van der Waals surface area contributed by atoms with Crippen molar-refractivity contribution in [3.05, 3.63) is 50.4 Å². The van der Waals surface area contributed by atoms with Crippen molar-refractivity contribution in [2.75, 3.05) is 19.5 Å². The molecule has 0 atom stereocenters. The molecule has 2 aromatic carbocycles. The summed E-state index contributed by atoms with van der Waals surface area (Å²) in [7, 11) is 3.16. The van der Waals surface area contributed by atoms with Gasteiger partial charge < -0.3 is 14.8 Å². The van der Waals surface area contributed by atoms with Crippen LogP contribution in [-0.2, 0) is 4.79 Å². The van der Waals surface area contributed by atoms with Gasteiger partial charge in [-0.2, -0.15) is 0 Å². The summed E-state index contributed by atoms with van der Waals surface area (Å²) in [6.07, 6.45) is 1.83. The number of benzene rings is 2. The summed E-state index contributed by atoms with van der Waals surface area (Å²) in [5.41, 5.74) is 3.13. The van der Waals surface area contributed by atoms with E-state index < -0.39 is 0 Å². The maximum absolute atomic E-state index is 12.2. The summed E-state index contributed by atoms with van der Waals surface area (Å²) in [6.45, 7) is 0. The molecule has 0 spiro atoms. The molecule has 0 bridgehead atoms. The van der Waals surface area contributed by atoms with E-state index in [0.717, 1.165) is 25.8 Å². The Morgan fingerprint density at radius 2 is 1.87 bits per heavy atom. The van der Waals surface area contributed by atoms with Crippen LogP contribution in [0.2, 0.25) is 0 Å². The molecule has 2 aromatic rings. The van der Waals surface area contributed by atoms with E-state index in [1.54, 1.807) is 14.2 Å². The van der Waals surface area contributed by atoms with Crippen LogP contribution in [-0.4, -0.2) is 20.1 Å². The number of carbonyl (C=O) groups is 1. The third-order valence-corrected chi connectivity index (χ3v) is 4.61. The fourth-order valence-corrected chi connectivity index (χ4v) is 3.47. The van der Waals surface area contributed by atoms with E-state index in [4.69, 9.17) is 9.47 Å². The van der Waals surface area contributed by atoms with Crippen molar-refractivity contribution in [2.24, 2.45) is 0 Å². The molecule has 0 aliphatic carbocycles. The Balaban J connectivity index is 2.11. The van der Waals surface area contributed by atoms with Crippen LogP contribution >= 0.6 is 31.9 Å². The van der Waals surface area contributed by atoms with Gasteiger partial charge >= 0.3 is 0 Å². The van der Waals surface area contributed by atoms with Crippen LogP contribution in [0.1, 0.15) is 11.1 Å². The lowest BCUT2D eigenvalue weighted by Crippen LogP contribution is -2.03. The van der Waals surface area contributed by atoms with E-state index in [1.807, 2.05) is 36.4 Å². The van der Waals surface area contributed by atoms with Gasteiger partial charge in [0.15, 0.2) is 11.5 Å². The van der Waals surface area contributed by atoms with Crippen LogP contribution in [0.15, 0.2) is 39.3 Å². The number of carbonyl (C=O) groups excluding carboxylic acids is 1. The number of nitrogens with one attached hydrogen (secondary N) is 1. The average Bonchev–Trinajstić information content (AvgIpc) is 2.82. The van der Waals surface area contributed by atoms with Crippen molar-refractivity contribution in [3.63, 3.8) is 0 Å². The second-order valence-electron chi connectivity index (χ2n) is 4.94. The molecule has 4 nitrogen and oxygen atoms in total. The number of hydrogen-bond donors (Lipinski definition) is 1. The van der Waals surface area contributed by atoms with E-state index in [0.29, 0.717) is 17.1 Å². The minimum absolute atomic E-state index is 0.121. The van der Waals surface area contributed by atoms with Gasteiger partial charge in [-0.25, -0.2) is 0 Å². The molecule has 0 radical (unpaired) electrons. The second-order valence-corrected chi connectivity index (χ2v) is 6.71. The van der Waals surface area contributed by atoms with Gasteiger partial charge in [0.1, 0.15) is 0 Å². The van der Waals surface area contributed by atoms with Gasteiger partial charge in [-0.05, 0) is 57.9 Å². The zero-order valence-electron chi connectivity index (χ0n) is 12.4. The first-order valence-electron chi connectivity index (χ1n) is 6.78. The van der Waals surface area contributed by atoms with Crippen LogP contribution in [0.4, 0.5) is 5.69 Å². The summed E-state index contributed by atoms with van der Waals surface area (Å²) in [4.78, 5) is 12.2. The molecule has 3 rings (SSSR count). The van der Waals surface area contributed by atoms with E-state index in [9.17, 15) is 4.79 Å². The topological polar surface area (TPSA) is 47.6 Å². The molecule has 0 unspecified atom stereocenters. The third kappa shape index (κ3) is 3.01. The lowest BCUT2D eigenvalue weighted by molar-refractivity contribution is -0.110. The molecular formula is C17H13Br2NO3. The highest BCUT2D eigenvalue weighted by Gasteiger charge is 2.24. The van der Waals surface area contributed by atoms with Gasteiger partial charge in [-0.3, -0.25) is 4.79 Å². The molecule has 0 saturated heterocycles. The normalized spacial score (nSPS) is 14.6. The molecule has 0 aromatic heterocycles. The van der Waals surface area contributed by atoms with Crippen LogP contribution in [0.5, 0.6) is 11.5 Å². The highest BCUT2D eigenvalue weighted by atomic mass is 79.9. The predicted molar refractivity (Wildman–Crippen MR) is 97.9 cm³/mol. The summed E-state index contributed by atoms with van der Waals surface area (Å²) in [5, 5.41) is 2.86. The van der Waals surface area contributed by atoms with Crippen molar-refractivity contribution >= 4 is 55.1 Å². The Hall–Kier alpha value is -1.79. The summed E-state index contributed by atoms with van der Waals surface area (Å²) in [5.74, 6) is 1.10. The number of hydrogen-bond acceptors (Lipinski definition) is 3. The maximum Gasteiger partial charge on any atom is 0.256 e. The number of halogens is 2. The quantitative estimate of drug-likeness (QED) is 0.705. The van der Waals surface area contributed by atoms with Crippen LogP contribution in [0.25, 0.3) is 11.6 Å². The average molecular weight is 439 g/mol. The van der Waals surface area contributed by atoms with Gasteiger partial charge in [0.05, 0.1) is 18.7 Å². The van der Waals surface area contributed by atoms with E-state index in [1.165, 1.54) is 0 Å². The maximum atomic E-state index is 12.2. The van der Waals surface area contributed by atoms with Gasteiger partial charge in [0.25, 0.3) is 5.91 Å². The van der Waals surface area contributed by atoms with Crippen LogP contribution in [0.3, 0.4) is 0 Å². The molecule has 118 valence electrons. The Bertz CT molecular complexity index is 831. The lowest BCUT2D eigenvalue weighted by Gasteiger charge is -2.10. The summed E-state index contributed by atoms with van der Waals surface area (Å²) in [6, 6.07) is 9.42. The molecule has 0 saturated carbocycles. The number of amides is 1. The molecule has 0 fully saturated rings. The lowest BCUT2D eigenvalue weighted by atomic mass is 10.0. The molecule has 1 aliphatic heterocycles. The fraction of sp³-hybridized carbons (Fsp3) is 0.118. The molecule has 1 N–H and O–H groups in total. The Morgan fingerprint density at radius 1 is 1.09 bits per heavy atom. The van der Waals surface area contributed by atoms with E-state index in [2.05, 4.69) is 37.2 Å². The van der Waals surface area contributed by atoms with Gasteiger partial charge in [0, 0.05) is 21.3 Å². The Labute approximate surface area is 150 Å². The Kier molecular flexibility index (Phi) is 4.46. The van der Waals surface area contributed by atoms with Gasteiger partial charge in [-0.15, -0.1) is 0 Å². The van der Waals surface area contributed by atoms with Crippen molar-refractivity contribution in [2.45, 2.75) is 0 Å². The smallest absolute Gasteiger partial charge is 0.256 e. The molecule has 6 heteroatoms. The summed E-state index contributed by atoms with van der Waals surface area (Å²) < 4.78 is 12.3. The van der Waals surface area contributed by atoms with Gasteiger partial charge in [0.2, 0.25) is 0 Å². The third-order valence-electron chi connectivity index (χ3n) is 3.53. The van der Waals surface area contributed by atoms with Crippen molar-refractivity contribution < 1.29 is 14.3 Å². The van der Waals surface area contributed by atoms with Crippen molar-refractivity contribution in [1.82, 2.24) is 0 Å². The first-order chi connectivity index (χ1) is 11.0. The Morgan fingerprint density at radius 3 is 2.57 bits per heavy atom. The number of methoxy groups -OCH3 is 2. The van der Waals surface area contributed by atoms with Crippen molar-refractivity contribution in [1.29, 1.82) is 0 Å². The first kappa shape index (κ1) is 16.1. The van der Waals surface area contributed by atoms with E-state index >= 15 is 0 Å². The molecule has 23 heavy (non-hydrogen) atoms. The number of ether oxygens (including phenoxy) is 2. The second kappa shape index (κ2) is 6.37. The minimum Gasteiger partial charge on any atom is -0.493 e. The summed E-state index contributed by atoms with van der Waals surface area (Å²) >= 11 is 6.91. The van der Waals surface area contributed by atoms with Crippen LogP contribution < -0.4 is 14.8 Å². The first-order valence-corrected chi connectivity index (χ1v) is 8.36. The molecule has 1 amide bonds.